The third kappa shape index (κ3) is 5.09. The van der Waals surface area contributed by atoms with Gasteiger partial charge in [0.1, 0.15) is 16.9 Å². The van der Waals surface area contributed by atoms with Crippen LogP contribution in [0.2, 0.25) is 26.8 Å². The summed E-state index contributed by atoms with van der Waals surface area (Å²) in [6, 6.07) is 11.8. The first-order valence-electron chi connectivity index (χ1n) is 12.7. The summed E-state index contributed by atoms with van der Waals surface area (Å²) in [6.45, 7) is 14.7. The highest BCUT2D eigenvalue weighted by atomic mass is 35.5. The Hall–Kier alpha value is -1.90. The first-order chi connectivity index (χ1) is 17.5. The van der Waals surface area contributed by atoms with E-state index >= 15 is 0 Å². The summed E-state index contributed by atoms with van der Waals surface area (Å²) in [6.07, 6.45) is 3.11. The van der Waals surface area contributed by atoms with E-state index in [9.17, 15) is 5.11 Å². The lowest BCUT2D eigenvalue weighted by Crippen LogP contribution is -2.51. The Morgan fingerprint density at radius 3 is 2.22 bits per heavy atom. The van der Waals surface area contributed by atoms with Crippen molar-refractivity contribution in [1.82, 2.24) is 14.2 Å². The van der Waals surface area contributed by atoms with Gasteiger partial charge in [-0.2, -0.15) is 0 Å². The molecule has 1 N–H and O–H groups in total. The number of aliphatic hydroxyl groups excluding tert-OH is 1. The second kappa shape index (κ2) is 11.1. The van der Waals surface area contributed by atoms with Gasteiger partial charge in [-0.25, -0.2) is 9.97 Å². The smallest absolute Gasteiger partial charge is 0.187 e. The molecule has 1 atom stereocenters. The lowest BCUT2D eigenvalue weighted by molar-refractivity contribution is 0.225. The predicted molar refractivity (Wildman–Crippen MR) is 161 cm³/mol. The Morgan fingerprint density at radius 1 is 1.00 bits per heavy atom. The van der Waals surface area contributed by atoms with E-state index in [0.29, 0.717) is 38.2 Å². The summed E-state index contributed by atoms with van der Waals surface area (Å²) in [5.74, 6) is 0. The van der Waals surface area contributed by atoms with Gasteiger partial charge in [-0.05, 0) is 46.5 Å². The average Bonchev–Trinajstić information content (AvgIpc) is 3.41. The number of fused-ring (bicyclic) bond motifs is 1. The number of rotatable bonds is 9. The SMILES string of the molecule is CC(C)[Si](C(C)C)(C(C)C)n1cc(C(O)c2sc(N(C)Cc3ccc(Cl)cc3)nc2Cl)c2cccnc21. The van der Waals surface area contributed by atoms with Gasteiger partial charge in [-0.3, -0.25) is 0 Å². The van der Waals surface area contributed by atoms with Crippen LogP contribution in [-0.4, -0.2) is 34.6 Å². The molecule has 0 radical (unpaired) electrons. The van der Waals surface area contributed by atoms with Gasteiger partial charge in [0.2, 0.25) is 0 Å². The summed E-state index contributed by atoms with van der Waals surface area (Å²) >= 11 is 14.1. The van der Waals surface area contributed by atoms with Crippen LogP contribution >= 0.6 is 34.5 Å². The van der Waals surface area contributed by atoms with Crippen molar-refractivity contribution in [2.45, 2.75) is 70.8 Å². The fourth-order valence-corrected chi connectivity index (χ4v) is 14.1. The Balaban J connectivity index is 1.76. The number of aromatic nitrogens is 3. The van der Waals surface area contributed by atoms with Crippen LogP contribution in [0.25, 0.3) is 11.0 Å². The topological polar surface area (TPSA) is 54.2 Å². The fourth-order valence-electron chi connectivity index (χ4n) is 6.14. The summed E-state index contributed by atoms with van der Waals surface area (Å²) < 4.78 is 2.45. The maximum Gasteiger partial charge on any atom is 0.187 e. The molecule has 3 aromatic heterocycles. The van der Waals surface area contributed by atoms with Gasteiger partial charge in [-0.15, -0.1) is 0 Å². The molecule has 3 heterocycles. The molecule has 0 spiro atoms. The van der Waals surface area contributed by atoms with E-state index in [1.54, 1.807) is 0 Å². The molecule has 0 fully saturated rings. The largest absolute Gasteiger partial charge is 0.383 e. The van der Waals surface area contributed by atoms with Crippen LogP contribution in [0.4, 0.5) is 5.13 Å². The average molecular weight is 576 g/mol. The molecule has 0 bridgehead atoms. The van der Waals surface area contributed by atoms with Gasteiger partial charge in [0.05, 0.1) is 4.88 Å². The van der Waals surface area contributed by atoms with Crippen molar-refractivity contribution in [2.75, 3.05) is 11.9 Å². The van der Waals surface area contributed by atoms with Gasteiger partial charge < -0.3 is 14.2 Å². The highest BCUT2D eigenvalue weighted by molar-refractivity contribution is 7.16. The molecule has 0 aliphatic rings. The Bertz CT molecular complexity index is 1340. The van der Waals surface area contributed by atoms with Crippen molar-refractivity contribution in [1.29, 1.82) is 0 Å². The zero-order valence-corrected chi connectivity index (χ0v) is 25.9. The molecule has 5 nitrogen and oxygen atoms in total. The number of aliphatic hydroxyl groups is 1. The molecule has 0 amide bonds. The highest BCUT2D eigenvalue weighted by Gasteiger charge is 2.46. The molecule has 0 aliphatic carbocycles. The van der Waals surface area contributed by atoms with Crippen LogP contribution < -0.4 is 4.90 Å². The van der Waals surface area contributed by atoms with Gasteiger partial charge in [0, 0.05) is 42.0 Å². The van der Waals surface area contributed by atoms with Crippen LogP contribution in [0.15, 0.2) is 48.8 Å². The van der Waals surface area contributed by atoms with Crippen molar-refractivity contribution in [2.24, 2.45) is 0 Å². The third-order valence-electron chi connectivity index (χ3n) is 7.59. The van der Waals surface area contributed by atoms with Gasteiger partial charge in [0.15, 0.2) is 13.4 Å². The van der Waals surface area contributed by atoms with Gasteiger partial charge in [0.25, 0.3) is 0 Å². The second-order valence-corrected chi connectivity index (χ2v) is 18.2. The maximum atomic E-state index is 11.7. The van der Waals surface area contributed by atoms with E-state index in [4.69, 9.17) is 28.2 Å². The number of pyridine rings is 1. The van der Waals surface area contributed by atoms with E-state index in [1.165, 1.54) is 11.3 Å². The van der Waals surface area contributed by atoms with Crippen LogP contribution in [0.1, 0.15) is 63.7 Å². The molecule has 198 valence electrons. The standard InChI is InChI=1S/C28H36Cl2N4OSSi/c1-17(2)37(18(3)4,19(5)6)34-16-23(22-9-8-14-31-27(22)34)24(35)25-26(30)32-28(36-25)33(7)15-20-10-12-21(29)13-11-20/h8-14,16-19,24,35H,15H2,1-7H3. The zero-order valence-electron chi connectivity index (χ0n) is 22.5. The summed E-state index contributed by atoms with van der Waals surface area (Å²) in [7, 11) is -0.112. The lowest BCUT2D eigenvalue weighted by Gasteiger charge is -2.44. The Kier molecular flexibility index (Phi) is 8.41. The molecular formula is C28H36Cl2N4OSSi. The molecule has 4 rings (SSSR count). The van der Waals surface area contributed by atoms with E-state index in [2.05, 4.69) is 63.0 Å². The normalized spacial score (nSPS) is 13.3. The minimum atomic E-state index is -2.09. The number of hydrogen-bond donors (Lipinski definition) is 1. The monoisotopic (exact) mass is 574 g/mol. The van der Waals surface area contributed by atoms with Crippen molar-refractivity contribution < 1.29 is 5.11 Å². The van der Waals surface area contributed by atoms with Crippen molar-refractivity contribution in [3.8, 4) is 0 Å². The molecule has 0 aliphatic heterocycles. The molecule has 9 heteroatoms. The fraction of sp³-hybridized carbons (Fsp3) is 0.429. The Morgan fingerprint density at radius 2 is 1.62 bits per heavy atom. The zero-order chi connectivity index (χ0) is 27.1. The molecule has 4 aromatic rings. The number of hydrogen-bond acceptors (Lipinski definition) is 5. The van der Waals surface area contributed by atoms with E-state index < -0.39 is 14.3 Å². The molecule has 1 unspecified atom stereocenters. The maximum absolute atomic E-state index is 11.7. The molecule has 0 saturated heterocycles. The highest BCUT2D eigenvalue weighted by Crippen LogP contribution is 2.46. The third-order valence-corrected chi connectivity index (χ3v) is 16.2. The summed E-state index contributed by atoms with van der Waals surface area (Å²) in [5, 5.41) is 14.5. The van der Waals surface area contributed by atoms with E-state index in [-0.39, 0.29) is 0 Å². The number of nitrogens with zero attached hydrogens (tertiary/aromatic N) is 4. The summed E-state index contributed by atoms with van der Waals surface area (Å²) in [4.78, 5) is 12.1. The molecule has 37 heavy (non-hydrogen) atoms. The quantitative estimate of drug-likeness (QED) is 0.203. The Labute approximate surface area is 235 Å². The van der Waals surface area contributed by atoms with Crippen molar-refractivity contribution >= 4 is 58.9 Å². The number of benzene rings is 1. The van der Waals surface area contributed by atoms with E-state index in [1.807, 2.05) is 48.5 Å². The summed E-state index contributed by atoms with van der Waals surface area (Å²) in [5.41, 5.74) is 4.38. The van der Waals surface area contributed by atoms with Crippen LogP contribution in [0.3, 0.4) is 0 Å². The van der Waals surface area contributed by atoms with Crippen molar-refractivity contribution in [3.05, 3.63) is 75.0 Å². The van der Waals surface area contributed by atoms with Crippen molar-refractivity contribution in [3.63, 3.8) is 0 Å². The number of thiazole rings is 1. The van der Waals surface area contributed by atoms with Crippen LogP contribution in [0, 0.1) is 0 Å². The predicted octanol–water partition coefficient (Wildman–Crippen LogP) is 8.54. The molecule has 1 aromatic carbocycles. The lowest BCUT2D eigenvalue weighted by atomic mass is 10.1. The first kappa shape index (κ1) is 28.1. The van der Waals surface area contributed by atoms with Gasteiger partial charge in [-0.1, -0.05) is 88.2 Å². The van der Waals surface area contributed by atoms with E-state index in [0.717, 1.165) is 27.3 Å². The first-order valence-corrected chi connectivity index (χ1v) is 16.5. The minimum Gasteiger partial charge on any atom is -0.383 e. The molecule has 0 saturated carbocycles. The minimum absolute atomic E-state index is 0.334. The van der Waals surface area contributed by atoms with Gasteiger partial charge >= 0.3 is 0 Å². The molecular weight excluding hydrogens is 539 g/mol. The number of halogens is 2. The van der Waals surface area contributed by atoms with Crippen LogP contribution in [0.5, 0.6) is 0 Å². The number of anilines is 1. The second-order valence-electron chi connectivity index (χ2n) is 10.7. The van der Waals surface area contributed by atoms with Crippen LogP contribution in [-0.2, 0) is 6.54 Å².